The topological polar surface area (TPSA) is 113 Å². The Labute approximate surface area is 206 Å². The lowest BCUT2D eigenvalue weighted by atomic mass is 9.93. The number of pyridine rings is 1. The quantitative estimate of drug-likeness (QED) is 0.294. The number of ether oxygens (including phenoxy) is 1. The van der Waals surface area contributed by atoms with Gasteiger partial charge in [-0.2, -0.15) is 0 Å². The number of fused-ring (bicyclic) bond motifs is 3. The van der Waals surface area contributed by atoms with Gasteiger partial charge in [0.1, 0.15) is 28.8 Å². The van der Waals surface area contributed by atoms with Crippen LogP contribution in [0, 0.1) is 26.6 Å². The molecule has 0 unspecified atom stereocenters. The minimum absolute atomic E-state index is 0.00587. The summed E-state index contributed by atoms with van der Waals surface area (Å²) in [5.41, 5.74) is 3.05. The maximum atomic E-state index is 13.9. The smallest absolute Gasteiger partial charge is 0.352 e. The van der Waals surface area contributed by atoms with Crippen LogP contribution in [-0.4, -0.2) is 35.8 Å². The maximum Gasteiger partial charge on any atom is 0.352 e. The summed E-state index contributed by atoms with van der Waals surface area (Å²) in [4.78, 5) is 14.7. The summed E-state index contributed by atoms with van der Waals surface area (Å²) in [5.74, 6) is 0.146. The number of hydrogen-bond donors (Lipinski definition) is 3. The number of rotatable bonds is 5. The van der Waals surface area contributed by atoms with Crippen LogP contribution in [0.3, 0.4) is 0 Å². The largest absolute Gasteiger partial charge is 0.477 e. The molecule has 3 aromatic heterocycles. The van der Waals surface area contributed by atoms with Gasteiger partial charge in [0, 0.05) is 22.7 Å². The number of carboxylic acid groups (broad SMARTS) is 1. The fraction of sp³-hybridized carbons (Fsp3) is 0.222. The van der Waals surface area contributed by atoms with Gasteiger partial charge < -0.3 is 19.9 Å². The summed E-state index contributed by atoms with van der Waals surface area (Å²) < 4.78 is 22.1. The first-order chi connectivity index (χ1) is 16.9. The van der Waals surface area contributed by atoms with E-state index in [4.69, 9.17) is 4.74 Å². The van der Waals surface area contributed by atoms with Gasteiger partial charge in [-0.25, -0.2) is 9.18 Å². The molecule has 184 valence electrons. The van der Waals surface area contributed by atoms with E-state index in [9.17, 15) is 19.4 Å². The zero-order chi connectivity index (χ0) is 25.9. The second-order valence-electron chi connectivity index (χ2n) is 9.50. The minimum atomic E-state index is -1.14. The van der Waals surface area contributed by atoms with Gasteiger partial charge in [-0.15, -0.1) is 10.2 Å². The number of aromatic carboxylic acids is 1. The van der Waals surface area contributed by atoms with Crippen LogP contribution in [0.1, 0.15) is 46.9 Å². The van der Waals surface area contributed by atoms with Gasteiger partial charge in [-0.1, -0.05) is 6.07 Å². The molecular formula is C27H25FN4O4. The zero-order valence-electron chi connectivity index (χ0n) is 20.5. The summed E-state index contributed by atoms with van der Waals surface area (Å²) in [6, 6.07) is 9.70. The molecule has 3 heterocycles. The average Bonchev–Trinajstić information content (AvgIpc) is 3.39. The van der Waals surface area contributed by atoms with E-state index in [0.717, 1.165) is 0 Å². The molecule has 2 aromatic carbocycles. The van der Waals surface area contributed by atoms with E-state index in [1.165, 1.54) is 12.1 Å². The van der Waals surface area contributed by atoms with Crippen LogP contribution in [0.5, 0.6) is 11.5 Å². The molecule has 3 N–H and O–H groups in total. The number of benzene rings is 2. The van der Waals surface area contributed by atoms with Gasteiger partial charge in [0.05, 0.1) is 11.1 Å². The first-order valence-corrected chi connectivity index (χ1v) is 11.4. The van der Waals surface area contributed by atoms with Crippen molar-refractivity contribution in [3.05, 3.63) is 76.6 Å². The van der Waals surface area contributed by atoms with Crippen LogP contribution in [-0.2, 0) is 5.60 Å². The van der Waals surface area contributed by atoms with E-state index in [0.29, 0.717) is 61.7 Å². The first-order valence-electron chi connectivity index (χ1n) is 11.4. The highest BCUT2D eigenvalue weighted by Gasteiger charge is 2.23. The second-order valence-corrected chi connectivity index (χ2v) is 9.50. The monoisotopic (exact) mass is 488 g/mol. The van der Waals surface area contributed by atoms with Crippen molar-refractivity contribution < 1.29 is 24.1 Å². The molecule has 0 aliphatic rings. The Bertz CT molecular complexity index is 1650. The van der Waals surface area contributed by atoms with Crippen molar-refractivity contribution in [2.45, 2.75) is 40.2 Å². The predicted octanol–water partition coefficient (Wildman–Crippen LogP) is 5.66. The van der Waals surface area contributed by atoms with Crippen molar-refractivity contribution >= 4 is 22.5 Å². The van der Waals surface area contributed by atoms with Crippen LogP contribution in [0.2, 0.25) is 0 Å². The van der Waals surface area contributed by atoms with Crippen LogP contribution in [0.25, 0.3) is 27.7 Å². The zero-order valence-corrected chi connectivity index (χ0v) is 20.5. The third kappa shape index (κ3) is 3.87. The fourth-order valence-electron chi connectivity index (χ4n) is 4.44. The molecule has 5 aromatic rings. The van der Waals surface area contributed by atoms with E-state index in [-0.39, 0.29) is 11.5 Å². The number of aromatic nitrogens is 4. The molecule has 9 heteroatoms. The number of halogens is 1. The third-order valence-corrected chi connectivity index (χ3v) is 6.30. The summed E-state index contributed by atoms with van der Waals surface area (Å²) >= 11 is 0. The van der Waals surface area contributed by atoms with Gasteiger partial charge in [-0.3, -0.25) is 4.40 Å². The molecular weight excluding hydrogens is 463 g/mol. The van der Waals surface area contributed by atoms with Crippen LogP contribution >= 0.6 is 0 Å². The number of hydrogen-bond acceptors (Lipinski definition) is 5. The van der Waals surface area contributed by atoms with E-state index in [1.54, 1.807) is 57.2 Å². The average molecular weight is 489 g/mol. The predicted molar refractivity (Wildman–Crippen MR) is 133 cm³/mol. The lowest BCUT2D eigenvalue weighted by molar-refractivity contribution is 0.0691. The number of aryl methyl sites for hydroxylation is 3. The Hall–Kier alpha value is -4.24. The van der Waals surface area contributed by atoms with Gasteiger partial charge in [-0.05, 0) is 81.6 Å². The molecule has 0 saturated heterocycles. The molecule has 5 rings (SSSR count). The standard InChI is InChI=1S/C27H25FN4O4/c1-13-8-17(28)9-14(2)24(13)36-22-7-6-16(27(4,5)35)10-18(22)20-12-32-15(3)30-31-25(32)23-19(20)11-21(29-23)26(33)34/h6-12,29,35H,1-5H3,(H,33,34). The van der Waals surface area contributed by atoms with Crippen molar-refractivity contribution in [2.24, 2.45) is 0 Å². The molecule has 0 bridgehead atoms. The van der Waals surface area contributed by atoms with Gasteiger partial charge in [0.2, 0.25) is 0 Å². The molecule has 0 amide bonds. The molecule has 0 aliphatic heterocycles. The highest BCUT2D eigenvalue weighted by Crippen LogP contribution is 2.42. The SMILES string of the molecule is Cc1cc(F)cc(C)c1Oc1ccc(C(C)(C)O)cc1-c1cn2c(C)nnc2c2[nH]c(C(=O)O)cc12. The van der Waals surface area contributed by atoms with Crippen LogP contribution in [0.15, 0.2) is 42.6 Å². The van der Waals surface area contributed by atoms with Crippen molar-refractivity contribution in [3.63, 3.8) is 0 Å². The number of nitrogens with one attached hydrogen (secondary N) is 1. The Balaban J connectivity index is 1.83. The highest BCUT2D eigenvalue weighted by atomic mass is 19.1. The number of carboxylic acids is 1. The van der Waals surface area contributed by atoms with Gasteiger partial charge >= 0.3 is 5.97 Å². The number of aliphatic hydroxyl groups is 1. The Morgan fingerprint density at radius 3 is 2.39 bits per heavy atom. The number of nitrogens with zero attached hydrogens (tertiary/aromatic N) is 3. The maximum absolute atomic E-state index is 13.9. The fourth-order valence-corrected chi connectivity index (χ4v) is 4.44. The second kappa shape index (κ2) is 8.17. The number of H-pyrrole nitrogens is 1. The molecule has 8 nitrogen and oxygen atoms in total. The van der Waals surface area contributed by atoms with E-state index >= 15 is 0 Å². The van der Waals surface area contributed by atoms with Crippen LogP contribution in [0.4, 0.5) is 4.39 Å². The number of carbonyl (C=O) groups is 1. The molecule has 0 atom stereocenters. The summed E-state index contributed by atoms with van der Waals surface area (Å²) in [6.07, 6.45) is 1.83. The number of aromatic amines is 1. The molecule has 0 radical (unpaired) electrons. The summed E-state index contributed by atoms with van der Waals surface area (Å²) in [6.45, 7) is 8.70. The van der Waals surface area contributed by atoms with Crippen molar-refractivity contribution in [3.8, 4) is 22.6 Å². The highest BCUT2D eigenvalue weighted by molar-refractivity contribution is 6.06. The summed E-state index contributed by atoms with van der Waals surface area (Å²) in [7, 11) is 0. The normalized spacial score (nSPS) is 12.0. The first kappa shape index (κ1) is 23.5. The minimum Gasteiger partial charge on any atom is -0.477 e. The van der Waals surface area contributed by atoms with Gasteiger partial charge in [0.15, 0.2) is 5.65 Å². The Morgan fingerprint density at radius 1 is 1.06 bits per heavy atom. The summed E-state index contributed by atoms with van der Waals surface area (Å²) in [5, 5.41) is 29.4. The molecule has 36 heavy (non-hydrogen) atoms. The van der Waals surface area contributed by atoms with Crippen molar-refractivity contribution in [2.75, 3.05) is 0 Å². The van der Waals surface area contributed by atoms with E-state index < -0.39 is 11.6 Å². The van der Waals surface area contributed by atoms with Gasteiger partial charge in [0.25, 0.3) is 0 Å². The third-order valence-electron chi connectivity index (χ3n) is 6.30. The molecule has 0 saturated carbocycles. The van der Waals surface area contributed by atoms with Crippen molar-refractivity contribution in [1.29, 1.82) is 0 Å². The Kier molecular flexibility index (Phi) is 5.33. The lowest BCUT2D eigenvalue weighted by Gasteiger charge is -2.22. The van der Waals surface area contributed by atoms with Crippen LogP contribution < -0.4 is 4.74 Å². The molecule has 0 spiro atoms. The van der Waals surface area contributed by atoms with E-state index in [1.807, 2.05) is 12.3 Å². The molecule has 0 fully saturated rings. The van der Waals surface area contributed by atoms with E-state index in [2.05, 4.69) is 15.2 Å². The lowest BCUT2D eigenvalue weighted by Crippen LogP contribution is -2.15. The van der Waals surface area contributed by atoms with Crippen molar-refractivity contribution in [1.82, 2.24) is 19.6 Å². The molecule has 0 aliphatic carbocycles. The Morgan fingerprint density at radius 2 is 1.75 bits per heavy atom.